The quantitative estimate of drug-likeness (QED) is 0.619. The van der Waals surface area contributed by atoms with E-state index in [0.717, 1.165) is 0 Å². The maximum atomic E-state index is 13.1. The summed E-state index contributed by atoms with van der Waals surface area (Å²) >= 11 is 0. The standard InChI is InChI=1S/C24H27FN4O4/c1-27(2)13-14-29-20-15-19(7-8-21(20)33-24(29)32)26-22(30)16-9-11-28(12-10-16)23(31)17-3-5-18(25)6-4-17/h3-8,15-16H,9-14H2,1-2H3,(H,26,30). The number of anilines is 1. The van der Waals surface area contributed by atoms with Crippen LogP contribution in [0.1, 0.15) is 23.2 Å². The number of amides is 2. The Morgan fingerprint density at radius 2 is 1.82 bits per heavy atom. The molecule has 8 nitrogen and oxygen atoms in total. The Morgan fingerprint density at radius 1 is 1.12 bits per heavy atom. The molecule has 1 N–H and O–H groups in total. The summed E-state index contributed by atoms with van der Waals surface area (Å²) in [4.78, 5) is 41.3. The van der Waals surface area contributed by atoms with Gasteiger partial charge in [-0.3, -0.25) is 14.2 Å². The van der Waals surface area contributed by atoms with Gasteiger partial charge in [-0.25, -0.2) is 9.18 Å². The van der Waals surface area contributed by atoms with Crippen LogP contribution in [-0.4, -0.2) is 59.9 Å². The van der Waals surface area contributed by atoms with Crippen molar-refractivity contribution in [2.24, 2.45) is 5.92 Å². The van der Waals surface area contributed by atoms with Gasteiger partial charge in [0.05, 0.1) is 5.52 Å². The first kappa shape index (κ1) is 22.7. The second-order valence-corrected chi connectivity index (χ2v) is 8.57. The highest BCUT2D eigenvalue weighted by Crippen LogP contribution is 2.23. The van der Waals surface area contributed by atoms with E-state index in [1.165, 1.54) is 24.3 Å². The fraction of sp³-hybridized carbons (Fsp3) is 0.375. The van der Waals surface area contributed by atoms with Crippen molar-refractivity contribution in [1.29, 1.82) is 0 Å². The van der Waals surface area contributed by atoms with Crippen LogP contribution in [0.15, 0.2) is 51.7 Å². The van der Waals surface area contributed by atoms with Crippen molar-refractivity contribution in [3.05, 3.63) is 64.4 Å². The average Bonchev–Trinajstić information content (AvgIpc) is 3.12. The second-order valence-electron chi connectivity index (χ2n) is 8.57. The molecule has 33 heavy (non-hydrogen) atoms. The lowest BCUT2D eigenvalue weighted by atomic mass is 9.95. The molecule has 0 saturated carbocycles. The molecule has 1 fully saturated rings. The van der Waals surface area contributed by atoms with E-state index < -0.39 is 5.76 Å². The minimum atomic E-state index is -0.423. The number of likely N-dealkylation sites (tertiary alicyclic amines) is 1. The Morgan fingerprint density at radius 3 is 2.48 bits per heavy atom. The normalized spacial score (nSPS) is 14.7. The number of hydrogen-bond donors (Lipinski definition) is 1. The summed E-state index contributed by atoms with van der Waals surface area (Å²) in [7, 11) is 3.86. The molecule has 1 aromatic heterocycles. The Hall–Kier alpha value is -3.46. The molecule has 0 bridgehead atoms. The lowest BCUT2D eigenvalue weighted by Crippen LogP contribution is -2.41. The fourth-order valence-electron chi connectivity index (χ4n) is 4.02. The molecule has 3 aromatic rings. The number of oxazole rings is 1. The van der Waals surface area contributed by atoms with E-state index in [2.05, 4.69) is 5.32 Å². The number of carbonyl (C=O) groups excluding carboxylic acids is 2. The van der Waals surface area contributed by atoms with E-state index >= 15 is 0 Å². The number of likely N-dealkylation sites (N-methyl/N-ethyl adjacent to an activating group) is 1. The van der Waals surface area contributed by atoms with E-state index in [1.807, 2.05) is 19.0 Å². The number of carbonyl (C=O) groups is 2. The largest absolute Gasteiger partial charge is 0.419 e. The van der Waals surface area contributed by atoms with Crippen molar-refractivity contribution >= 4 is 28.6 Å². The van der Waals surface area contributed by atoms with Gasteiger partial charge < -0.3 is 19.5 Å². The molecule has 2 amide bonds. The highest BCUT2D eigenvalue weighted by atomic mass is 19.1. The Bertz CT molecular complexity index is 1210. The first-order chi connectivity index (χ1) is 15.8. The number of nitrogens with zero attached hydrogens (tertiary/aromatic N) is 3. The summed E-state index contributed by atoms with van der Waals surface area (Å²) < 4.78 is 20.0. The Kier molecular flexibility index (Phi) is 6.60. The molecule has 4 rings (SSSR count). The summed E-state index contributed by atoms with van der Waals surface area (Å²) in [6.45, 7) is 2.08. The van der Waals surface area contributed by atoms with E-state index in [0.29, 0.717) is 61.4 Å². The molecule has 0 atom stereocenters. The van der Waals surface area contributed by atoms with Gasteiger partial charge in [-0.05, 0) is 69.4 Å². The smallest absolute Gasteiger partial charge is 0.408 e. The molecule has 0 aliphatic carbocycles. The first-order valence-corrected chi connectivity index (χ1v) is 11.0. The van der Waals surface area contributed by atoms with E-state index in [1.54, 1.807) is 27.7 Å². The van der Waals surface area contributed by atoms with Crippen LogP contribution in [0.25, 0.3) is 11.1 Å². The van der Waals surface area contributed by atoms with Crippen LogP contribution in [0.4, 0.5) is 10.1 Å². The Balaban J connectivity index is 1.38. The van der Waals surface area contributed by atoms with Crippen LogP contribution in [0.2, 0.25) is 0 Å². The fourth-order valence-corrected chi connectivity index (χ4v) is 4.02. The molecule has 1 aliphatic rings. The number of fused-ring (bicyclic) bond motifs is 1. The van der Waals surface area contributed by atoms with Gasteiger partial charge in [-0.2, -0.15) is 0 Å². The first-order valence-electron chi connectivity index (χ1n) is 11.0. The van der Waals surface area contributed by atoms with Crippen LogP contribution in [0.5, 0.6) is 0 Å². The SMILES string of the molecule is CN(C)CCn1c(=O)oc2ccc(NC(=O)C3CCN(C(=O)c4ccc(F)cc4)CC3)cc21. The molecule has 0 unspecified atom stereocenters. The lowest BCUT2D eigenvalue weighted by molar-refractivity contribution is -0.121. The van der Waals surface area contributed by atoms with E-state index in [4.69, 9.17) is 4.42 Å². The van der Waals surface area contributed by atoms with Crippen LogP contribution < -0.4 is 11.1 Å². The molecule has 1 saturated heterocycles. The number of piperidine rings is 1. The molecule has 174 valence electrons. The number of benzene rings is 2. The average molecular weight is 455 g/mol. The zero-order valence-electron chi connectivity index (χ0n) is 18.7. The minimum Gasteiger partial charge on any atom is -0.408 e. The zero-order chi connectivity index (χ0) is 23.5. The maximum absolute atomic E-state index is 13.1. The molecule has 2 heterocycles. The van der Waals surface area contributed by atoms with Gasteiger partial charge in [0, 0.05) is 43.3 Å². The predicted molar refractivity (Wildman–Crippen MR) is 123 cm³/mol. The summed E-state index contributed by atoms with van der Waals surface area (Å²) in [5, 5.41) is 2.94. The molecule has 9 heteroatoms. The van der Waals surface area contributed by atoms with Crippen molar-refractivity contribution in [3.8, 4) is 0 Å². The van der Waals surface area contributed by atoms with Crippen molar-refractivity contribution in [1.82, 2.24) is 14.4 Å². The van der Waals surface area contributed by atoms with Crippen molar-refractivity contribution in [2.45, 2.75) is 19.4 Å². The second kappa shape index (κ2) is 9.58. The monoisotopic (exact) mass is 454 g/mol. The summed E-state index contributed by atoms with van der Waals surface area (Å²) in [6, 6.07) is 10.6. The van der Waals surface area contributed by atoms with Crippen molar-refractivity contribution in [3.63, 3.8) is 0 Å². The van der Waals surface area contributed by atoms with Gasteiger partial charge in [-0.15, -0.1) is 0 Å². The molecule has 2 aromatic carbocycles. The van der Waals surface area contributed by atoms with Crippen LogP contribution in [0.3, 0.4) is 0 Å². The summed E-state index contributed by atoms with van der Waals surface area (Å²) in [6.07, 6.45) is 1.08. The predicted octanol–water partition coefficient (Wildman–Crippen LogP) is 2.79. The van der Waals surface area contributed by atoms with Crippen LogP contribution >= 0.6 is 0 Å². The Labute approximate surface area is 190 Å². The van der Waals surface area contributed by atoms with Gasteiger partial charge in [0.15, 0.2) is 5.58 Å². The number of rotatable bonds is 6. The lowest BCUT2D eigenvalue weighted by Gasteiger charge is -2.31. The maximum Gasteiger partial charge on any atom is 0.419 e. The van der Waals surface area contributed by atoms with Crippen molar-refractivity contribution < 1.29 is 18.4 Å². The highest BCUT2D eigenvalue weighted by Gasteiger charge is 2.28. The summed E-state index contributed by atoms with van der Waals surface area (Å²) in [5.41, 5.74) is 2.15. The molecule has 0 radical (unpaired) electrons. The van der Waals surface area contributed by atoms with E-state index in [9.17, 15) is 18.8 Å². The highest BCUT2D eigenvalue weighted by molar-refractivity contribution is 5.96. The number of nitrogens with one attached hydrogen (secondary N) is 1. The van der Waals surface area contributed by atoms with Gasteiger partial charge >= 0.3 is 5.76 Å². The van der Waals surface area contributed by atoms with Crippen molar-refractivity contribution in [2.75, 3.05) is 39.0 Å². The molecular weight excluding hydrogens is 427 g/mol. The van der Waals surface area contributed by atoms with Gasteiger partial charge in [0.25, 0.3) is 5.91 Å². The third kappa shape index (κ3) is 5.14. The number of aromatic nitrogens is 1. The third-order valence-corrected chi connectivity index (χ3v) is 5.95. The number of halogens is 1. The summed E-state index contributed by atoms with van der Waals surface area (Å²) in [5.74, 6) is -1.30. The van der Waals surface area contributed by atoms with Gasteiger partial charge in [0.1, 0.15) is 5.82 Å². The van der Waals surface area contributed by atoms with Gasteiger partial charge in [-0.1, -0.05) is 0 Å². The molecule has 0 spiro atoms. The number of hydrogen-bond acceptors (Lipinski definition) is 5. The van der Waals surface area contributed by atoms with Crippen LogP contribution in [-0.2, 0) is 11.3 Å². The third-order valence-electron chi connectivity index (χ3n) is 5.95. The van der Waals surface area contributed by atoms with E-state index in [-0.39, 0.29) is 23.5 Å². The molecular formula is C24H27FN4O4. The van der Waals surface area contributed by atoms with Gasteiger partial charge in [0.2, 0.25) is 5.91 Å². The topological polar surface area (TPSA) is 87.8 Å². The minimum absolute atomic E-state index is 0.117. The van der Waals surface area contributed by atoms with Crippen LogP contribution in [0, 0.1) is 11.7 Å². The zero-order valence-corrected chi connectivity index (χ0v) is 18.7. The molecule has 1 aliphatic heterocycles.